The van der Waals surface area contributed by atoms with E-state index < -0.39 is 0 Å². The van der Waals surface area contributed by atoms with E-state index in [1.807, 2.05) is 0 Å². The Labute approximate surface area is 315 Å². The standard InChI is InChI=1S/C52H38N2/c1-35-20-29-51-45(32-35)46-33-36(2)21-30-52(46)54(51)48-18-10-8-16-43(48)39-26-23-37(24-27-39)22-25-38-12-6-7-15-42(38)40-28-31-50-47(34-40)44-17-9-11-19-49(44)53(50)41-13-4-3-5-14-41/h3-34H,1-2H3/b25-22+. The number of hydrogen-bond acceptors (Lipinski definition) is 0. The van der Waals surface area contributed by atoms with E-state index >= 15 is 0 Å². The van der Waals surface area contributed by atoms with E-state index in [1.165, 1.54) is 93.9 Å². The Morgan fingerprint density at radius 1 is 0.370 bits per heavy atom. The number of benzene rings is 8. The Bertz CT molecular complexity index is 2990. The molecule has 0 saturated heterocycles. The summed E-state index contributed by atoms with van der Waals surface area (Å²) < 4.78 is 4.80. The molecular weight excluding hydrogens is 653 g/mol. The van der Waals surface area contributed by atoms with Crippen LogP contribution in [-0.4, -0.2) is 9.13 Å². The van der Waals surface area contributed by atoms with Crippen molar-refractivity contribution in [2.75, 3.05) is 0 Å². The molecule has 10 rings (SSSR count). The van der Waals surface area contributed by atoms with Crippen LogP contribution >= 0.6 is 0 Å². The lowest BCUT2D eigenvalue weighted by atomic mass is 9.97. The number of nitrogens with zero attached hydrogens (tertiary/aromatic N) is 2. The van der Waals surface area contributed by atoms with Crippen molar-refractivity contribution in [3.63, 3.8) is 0 Å². The van der Waals surface area contributed by atoms with Crippen molar-refractivity contribution in [3.05, 3.63) is 204 Å². The van der Waals surface area contributed by atoms with Crippen molar-refractivity contribution < 1.29 is 0 Å². The second-order valence-electron chi connectivity index (χ2n) is 14.4. The average molecular weight is 691 g/mol. The number of para-hydroxylation sites is 3. The van der Waals surface area contributed by atoms with Crippen LogP contribution in [-0.2, 0) is 0 Å². The molecule has 2 heteroatoms. The molecule has 0 amide bonds. The monoisotopic (exact) mass is 690 g/mol. The molecule has 2 nitrogen and oxygen atoms in total. The average Bonchev–Trinajstić information content (AvgIpc) is 3.72. The van der Waals surface area contributed by atoms with Gasteiger partial charge in [0.15, 0.2) is 0 Å². The largest absolute Gasteiger partial charge is 0.309 e. The highest BCUT2D eigenvalue weighted by Crippen LogP contribution is 2.38. The lowest BCUT2D eigenvalue weighted by molar-refractivity contribution is 1.18. The number of hydrogen-bond donors (Lipinski definition) is 0. The third-order valence-electron chi connectivity index (χ3n) is 10.9. The van der Waals surface area contributed by atoms with Gasteiger partial charge in [0.2, 0.25) is 0 Å². The van der Waals surface area contributed by atoms with Gasteiger partial charge in [-0.1, -0.05) is 145 Å². The summed E-state index contributed by atoms with van der Waals surface area (Å²) in [5.41, 5.74) is 17.0. The molecule has 0 radical (unpaired) electrons. The first kappa shape index (κ1) is 31.8. The Morgan fingerprint density at radius 3 is 1.69 bits per heavy atom. The summed E-state index contributed by atoms with van der Waals surface area (Å²) in [6.07, 6.45) is 4.48. The minimum Gasteiger partial charge on any atom is -0.309 e. The van der Waals surface area contributed by atoms with E-state index in [0.717, 1.165) is 5.56 Å². The normalized spacial score (nSPS) is 11.8. The molecule has 0 fully saturated rings. The summed E-state index contributed by atoms with van der Waals surface area (Å²) in [5.74, 6) is 0. The molecule has 10 aromatic rings. The molecule has 0 atom stereocenters. The van der Waals surface area contributed by atoms with Gasteiger partial charge in [-0.3, -0.25) is 0 Å². The molecule has 0 aliphatic rings. The molecule has 2 heterocycles. The van der Waals surface area contributed by atoms with Gasteiger partial charge in [0.1, 0.15) is 0 Å². The molecule has 0 N–H and O–H groups in total. The van der Waals surface area contributed by atoms with Crippen molar-refractivity contribution >= 4 is 55.8 Å². The topological polar surface area (TPSA) is 9.86 Å². The van der Waals surface area contributed by atoms with Crippen molar-refractivity contribution in [1.29, 1.82) is 0 Å². The van der Waals surface area contributed by atoms with Gasteiger partial charge >= 0.3 is 0 Å². The van der Waals surface area contributed by atoms with E-state index in [9.17, 15) is 0 Å². The first-order valence-electron chi connectivity index (χ1n) is 18.7. The molecule has 2 aromatic heterocycles. The summed E-state index contributed by atoms with van der Waals surface area (Å²) in [6, 6.07) is 66.3. The second-order valence-corrected chi connectivity index (χ2v) is 14.4. The Kier molecular flexibility index (Phi) is 7.63. The fraction of sp³-hybridized carbons (Fsp3) is 0.0385. The molecule has 0 unspecified atom stereocenters. The summed E-state index contributed by atoms with van der Waals surface area (Å²) >= 11 is 0. The van der Waals surface area contributed by atoms with Crippen LogP contribution in [0.4, 0.5) is 0 Å². The summed E-state index contributed by atoms with van der Waals surface area (Å²) in [5, 5.41) is 5.11. The van der Waals surface area contributed by atoms with E-state index in [-0.39, 0.29) is 0 Å². The maximum absolute atomic E-state index is 2.43. The Hall–Kier alpha value is -6.90. The van der Waals surface area contributed by atoms with E-state index in [0.29, 0.717) is 0 Å². The number of aryl methyl sites for hydroxylation is 2. The highest BCUT2D eigenvalue weighted by atomic mass is 15.0. The third-order valence-corrected chi connectivity index (χ3v) is 10.9. The predicted molar refractivity (Wildman–Crippen MR) is 231 cm³/mol. The summed E-state index contributed by atoms with van der Waals surface area (Å²) in [4.78, 5) is 0. The van der Waals surface area contributed by atoms with E-state index in [1.54, 1.807) is 0 Å². The molecule has 0 saturated carbocycles. The molecule has 54 heavy (non-hydrogen) atoms. The van der Waals surface area contributed by atoms with Gasteiger partial charge in [0.25, 0.3) is 0 Å². The molecule has 256 valence electrons. The van der Waals surface area contributed by atoms with Crippen LogP contribution in [0.1, 0.15) is 22.3 Å². The van der Waals surface area contributed by atoms with Gasteiger partial charge in [-0.15, -0.1) is 0 Å². The first-order valence-corrected chi connectivity index (χ1v) is 18.7. The maximum Gasteiger partial charge on any atom is 0.0541 e. The molecule has 0 bridgehead atoms. The van der Waals surface area contributed by atoms with Gasteiger partial charge in [0.05, 0.1) is 27.8 Å². The first-order chi connectivity index (χ1) is 26.6. The van der Waals surface area contributed by atoms with Crippen molar-refractivity contribution in [2.24, 2.45) is 0 Å². The quantitative estimate of drug-likeness (QED) is 0.154. The van der Waals surface area contributed by atoms with Gasteiger partial charge < -0.3 is 9.13 Å². The highest BCUT2D eigenvalue weighted by Gasteiger charge is 2.17. The van der Waals surface area contributed by atoms with Crippen molar-refractivity contribution in [3.8, 4) is 33.6 Å². The number of aromatic nitrogens is 2. The predicted octanol–water partition coefficient (Wildman–Crippen LogP) is 14.0. The van der Waals surface area contributed by atoms with Gasteiger partial charge in [0, 0.05) is 32.8 Å². The SMILES string of the molecule is Cc1ccc2c(c1)c1cc(C)ccc1n2-c1ccccc1-c1ccc(/C=C/c2ccccc2-c2ccc3c(c2)c2ccccc2n3-c2ccccc2)cc1. The van der Waals surface area contributed by atoms with E-state index in [4.69, 9.17) is 0 Å². The number of fused-ring (bicyclic) bond motifs is 6. The van der Waals surface area contributed by atoms with Crippen LogP contribution in [0.3, 0.4) is 0 Å². The fourth-order valence-corrected chi connectivity index (χ4v) is 8.28. The molecule has 0 spiro atoms. The molecule has 0 aliphatic carbocycles. The number of rotatable bonds is 6. The van der Waals surface area contributed by atoms with Crippen LogP contribution < -0.4 is 0 Å². The van der Waals surface area contributed by atoms with E-state index in [2.05, 4.69) is 217 Å². The lowest BCUT2D eigenvalue weighted by Gasteiger charge is -2.14. The molecular formula is C52H38N2. The maximum atomic E-state index is 2.43. The van der Waals surface area contributed by atoms with Crippen LogP contribution in [0, 0.1) is 13.8 Å². The Balaban J connectivity index is 0.998. The van der Waals surface area contributed by atoms with Crippen LogP contribution in [0.2, 0.25) is 0 Å². The fourth-order valence-electron chi connectivity index (χ4n) is 8.28. The smallest absolute Gasteiger partial charge is 0.0541 e. The summed E-state index contributed by atoms with van der Waals surface area (Å²) in [7, 11) is 0. The molecule has 0 aliphatic heterocycles. The van der Waals surface area contributed by atoms with Crippen LogP contribution in [0.15, 0.2) is 182 Å². The summed E-state index contributed by atoms with van der Waals surface area (Å²) in [6.45, 7) is 4.35. The minimum absolute atomic E-state index is 1.16. The van der Waals surface area contributed by atoms with Crippen molar-refractivity contribution in [1.82, 2.24) is 9.13 Å². The van der Waals surface area contributed by atoms with Gasteiger partial charge in [-0.05, 0) is 102 Å². The van der Waals surface area contributed by atoms with Crippen molar-refractivity contribution in [2.45, 2.75) is 13.8 Å². The lowest BCUT2D eigenvalue weighted by Crippen LogP contribution is -1.97. The zero-order valence-corrected chi connectivity index (χ0v) is 30.4. The van der Waals surface area contributed by atoms with Gasteiger partial charge in [-0.25, -0.2) is 0 Å². The van der Waals surface area contributed by atoms with Gasteiger partial charge in [-0.2, -0.15) is 0 Å². The Morgan fingerprint density at radius 2 is 0.926 bits per heavy atom. The highest BCUT2D eigenvalue weighted by molar-refractivity contribution is 6.11. The zero-order chi connectivity index (χ0) is 36.2. The molecule has 8 aromatic carbocycles. The van der Waals surface area contributed by atoms with Crippen LogP contribution in [0.5, 0.6) is 0 Å². The zero-order valence-electron chi connectivity index (χ0n) is 30.4. The third kappa shape index (κ3) is 5.35. The minimum atomic E-state index is 1.16. The van der Waals surface area contributed by atoms with Crippen LogP contribution in [0.25, 0.3) is 89.4 Å². The second kappa shape index (κ2) is 12.9.